The molecule has 0 radical (unpaired) electrons. The van der Waals surface area contributed by atoms with Crippen LogP contribution in [0.15, 0.2) is 139 Å². The standard InChI is InChI=1S/C40H27N3O4/c44-36-23-33(39(46)42(36)29-18-16-25-9-1-3-11-27(25)21-29)38(32-14-6-5-13-31(32)35-15-7-8-20-41-35)34-24-37(45)43(40(34)47)30-19-17-26-10-2-4-12-28(26)22-30/h1-22,33H,23-24H2/b38-34-. The maximum absolute atomic E-state index is 14.4. The molecule has 7 nitrogen and oxygen atoms in total. The number of pyridine rings is 1. The molecule has 6 aromatic rings. The van der Waals surface area contributed by atoms with E-state index in [-0.39, 0.29) is 24.3 Å². The lowest BCUT2D eigenvalue weighted by Gasteiger charge is -2.21. The van der Waals surface area contributed by atoms with Gasteiger partial charge in [0.25, 0.3) is 5.91 Å². The summed E-state index contributed by atoms with van der Waals surface area (Å²) in [7, 11) is 0. The Hall–Kier alpha value is -6.21. The van der Waals surface area contributed by atoms with Crippen molar-refractivity contribution in [1.29, 1.82) is 0 Å². The number of nitrogens with zero attached hydrogens (tertiary/aromatic N) is 3. The van der Waals surface area contributed by atoms with Gasteiger partial charge in [0, 0.05) is 23.8 Å². The molecule has 0 bridgehead atoms. The first-order chi connectivity index (χ1) is 23.0. The van der Waals surface area contributed by atoms with Crippen LogP contribution in [0.3, 0.4) is 0 Å². The van der Waals surface area contributed by atoms with Gasteiger partial charge in [-0.1, -0.05) is 91.0 Å². The van der Waals surface area contributed by atoms with E-state index in [1.54, 1.807) is 18.3 Å². The van der Waals surface area contributed by atoms with Crippen molar-refractivity contribution < 1.29 is 19.2 Å². The number of aromatic nitrogens is 1. The molecule has 8 rings (SSSR count). The van der Waals surface area contributed by atoms with E-state index < -0.39 is 23.6 Å². The predicted molar refractivity (Wildman–Crippen MR) is 182 cm³/mol. The Balaban J connectivity index is 1.29. The number of fused-ring (bicyclic) bond motifs is 2. The molecule has 5 aromatic carbocycles. The molecule has 7 heteroatoms. The second kappa shape index (κ2) is 11.3. The first-order valence-electron chi connectivity index (χ1n) is 15.4. The van der Waals surface area contributed by atoms with Gasteiger partial charge in [0.15, 0.2) is 0 Å². The highest BCUT2D eigenvalue weighted by Crippen LogP contribution is 2.44. The fourth-order valence-electron chi connectivity index (χ4n) is 6.81. The minimum atomic E-state index is -0.984. The molecular formula is C40H27N3O4. The molecule has 0 spiro atoms. The van der Waals surface area contributed by atoms with E-state index in [4.69, 9.17) is 0 Å². The van der Waals surface area contributed by atoms with Crippen molar-refractivity contribution in [2.24, 2.45) is 5.92 Å². The van der Waals surface area contributed by atoms with E-state index in [9.17, 15) is 19.2 Å². The second-order valence-corrected chi connectivity index (χ2v) is 11.8. The number of carbonyl (C=O) groups is 4. The summed E-state index contributed by atoms with van der Waals surface area (Å²) >= 11 is 0. The highest BCUT2D eigenvalue weighted by molar-refractivity contribution is 6.33. The lowest BCUT2D eigenvalue weighted by Crippen LogP contribution is -2.31. The van der Waals surface area contributed by atoms with Crippen LogP contribution in [0.25, 0.3) is 38.4 Å². The molecule has 3 heterocycles. The van der Waals surface area contributed by atoms with Gasteiger partial charge in [-0.05, 0) is 69.1 Å². The first kappa shape index (κ1) is 28.3. The van der Waals surface area contributed by atoms with Crippen LogP contribution in [0.2, 0.25) is 0 Å². The number of rotatable bonds is 5. The number of benzene rings is 5. The second-order valence-electron chi connectivity index (χ2n) is 11.8. The molecule has 0 aliphatic carbocycles. The molecule has 0 saturated carbocycles. The Labute approximate surface area is 270 Å². The molecule has 2 aliphatic heterocycles. The molecule has 2 fully saturated rings. The minimum Gasteiger partial charge on any atom is -0.274 e. The first-order valence-corrected chi connectivity index (χ1v) is 15.4. The smallest absolute Gasteiger partial charge is 0.261 e. The topological polar surface area (TPSA) is 87.6 Å². The molecule has 2 saturated heterocycles. The highest BCUT2D eigenvalue weighted by atomic mass is 16.2. The van der Waals surface area contributed by atoms with Gasteiger partial charge in [0.2, 0.25) is 17.7 Å². The Morgan fingerprint density at radius 1 is 0.596 bits per heavy atom. The summed E-state index contributed by atoms with van der Waals surface area (Å²) in [5.74, 6) is -2.68. The number of hydrogen-bond acceptors (Lipinski definition) is 5. The Kier molecular flexibility index (Phi) is 6.80. The van der Waals surface area contributed by atoms with Crippen molar-refractivity contribution in [3.05, 3.63) is 145 Å². The summed E-state index contributed by atoms with van der Waals surface area (Å²) in [6.45, 7) is 0. The van der Waals surface area contributed by atoms with Crippen LogP contribution in [0, 0.1) is 5.92 Å². The van der Waals surface area contributed by atoms with Crippen LogP contribution in [0.1, 0.15) is 18.4 Å². The Morgan fingerprint density at radius 3 is 1.85 bits per heavy atom. The van der Waals surface area contributed by atoms with Crippen LogP contribution in [0.4, 0.5) is 11.4 Å². The van der Waals surface area contributed by atoms with E-state index >= 15 is 0 Å². The third-order valence-electron chi connectivity index (χ3n) is 9.00. The minimum absolute atomic E-state index is 0.140. The average Bonchev–Trinajstić information content (AvgIpc) is 3.57. The lowest BCUT2D eigenvalue weighted by atomic mass is 9.83. The van der Waals surface area contributed by atoms with Crippen LogP contribution in [0.5, 0.6) is 0 Å². The quantitative estimate of drug-likeness (QED) is 0.150. The van der Waals surface area contributed by atoms with Crippen molar-refractivity contribution >= 4 is 62.1 Å². The van der Waals surface area contributed by atoms with Crippen molar-refractivity contribution in [3.8, 4) is 11.3 Å². The van der Waals surface area contributed by atoms with E-state index in [1.807, 2.05) is 115 Å². The van der Waals surface area contributed by atoms with Gasteiger partial charge in [0.1, 0.15) is 0 Å². The third-order valence-corrected chi connectivity index (χ3v) is 9.00. The molecular weight excluding hydrogens is 586 g/mol. The number of hydrogen-bond donors (Lipinski definition) is 0. The van der Waals surface area contributed by atoms with Gasteiger partial charge in [-0.3, -0.25) is 24.2 Å². The van der Waals surface area contributed by atoms with Gasteiger partial charge in [-0.2, -0.15) is 0 Å². The molecule has 226 valence electrons. The molecule has 1 aromatic heterocycles. The largest absolute Gasteiger partial charge is 0.274 e. The van der Waals surface area contributed by atoms with Crippen LogP contribution in [-0.4, -0.2) is 28.6 Å². The monoisotopic (exact) mass is 613 g/mol. The maximum Gasteiger partial charge on any atom is 0.261 e. The average molecular weight is 614 g/mol. The number of anilines is 2. The third kappa shape index (κ3) is 4.80. The van der Waals surface area contributed by atoms with Gasteiger partial charge in [-0.15, -0.1) is 0 Å². The van der Waals surface area contributed by atoms with Crippen LogP contribution in [-0.2, 0) is 19.2 Å². The maximum atomic E-state index is 14.4. The molecule has 2 aliphatic rings. The highest BCUT2D eigenvalue weighted by Gasteiger charge is 2.46. The Morgan fingerprint density at radius 2 is 1.19 bits per heavy atom. The summed E-state index contributed by atoms with van der Waals surface area (Å²) in [6, 6.07) is 39.3. The van der Waals surface area contributed by atoms with Gasteiger partial charge in [0.05, 0.1) is 29.4 Å². The zero-order chi connectivity index (χ0) is 32.1. The fraction of sp³-hybridized carbons (Fsp3) is 0.0750. The number of carbonyl (C=O) groups excluding carboxylic acids is 4. The van der Waals surface area contributed by atoms with Crippen molar-refractivity contribution in [3.63, 3.8) is 0 Å². The summed E-state index contributed by atoms with van der Waals surface area (Å²) < 4.78 is 0. The molecule has 1 atom stereocenters. The normalized spacial score (nSPS) is 17.7. The van der Waals surface area contributed by atoms with Gasteiger partial charge in [-0.25, -0.2) is 9.80 Å². The SMILES string of the molecule is O=C1C/C(=C(\c2ccccc2-c2ccccn2)C2CC(=O)N(c3ccc4ccccc4c3)C2=O)C(=O)N1c1ccc2ccccc2c1. The lowest BCUT2D eigenvalue weighted by molar-refractivity contribution is -0.122. The number of amides is 4. The number of imide groups is 2. The van der Waals surface area contributed by atoms with E-state index in [2.05, 4.69) is 4.98 Å². The van der Waals surface area contributed by atoms with Crippen LogP contribution < -0.4 is 9.80 Å². The van der Waals surface area contributed by atoms with Crippen molar-refractivity contribution in [1.82, 2.24) is 4.98 Å². The van der Waals surface area contributed by atoms with Crippen LogP contribution >= 0.6 is 0 Å². The van der Waals surface area contributed by atoms with Crippen molar-refractivity contribution in [2.45, 2.75) is 12.8 Å². The summed E-state index contributed by atoms with van der Waals surface area (Å²) in [5, 5.41) is 3.77. The van der Waals surface area contributed by atoms with E-state index in [1.165, 1.54) is 9.80 Å². The predicted octanol–water partition coefficient (Wildman–Crippen LogP) is 7.35. The molecule has 1 unspecified atom stereocenters. The van der Waals surface area contributed by atoms with E-state index in [0.717, 1.165) is 21.5 Å². The molecule has 47 heavy (non-hydrogen) atoms. The summed E-state index contributed by atoms with van der Waals surface area (Å²) in [5.41, 5.74) is 3.45. The summed E-state index contributed by atoms with van der Waals surface area (Å²) in [4.78, 5) is 63.1. The summed E-state index contributed by atoms with van der Waals surface area (Å²) in [6.07, 6.45) is 1.33. The molecule has 0 N–H and O–H groups in total. The zero-order valence-electron chi connectivity index (χ0n) is 25.2. The van der Waals surface area contributed by atoms with Gasteiger partial charge >= 0.3 is 0 Å². The molecule has 4 amide bonds. The Bertz CT molecular complexity index is 2310. The van der Waals surface area contributed by atoms with E-state index in [0.29, 0.717) is 33.8 Å². The van der Waals surface area contributed by atoms with Gasteiger partial charge < -0.3 is 0 Å². The zero-order valence-corrected chi connectivity index (χ0v) is 25.2. The van der Waals surface area contributed by atoms with Crippen molar-refractivity contribution in [2.75, 3.05) is 9.80 Å². The fourth-order valence-corrected chi connectivity index (χ4v) is 6.81.